The topological polar surface area (TPSA) is 98.7 Å². The smallest absolute Gasteiger partial charge is 0.269 e. The molecule has 1 aromatic heterocycles. The number of hydrogen-bond acceptors (Lipinski definition) is 5. The molecule has 1 heterocycles. The van der Waals surface area contributed by atoms with Crippen molar-refractivity contribution in [3.8, 4) is 11.5 Å². The molecule has 0 fully saturated rings. The molecule has 0 aliphatic carbocycles. The molecule has 4 rings (SSSR count). The number of benzene rings is 3. The summed E-state index contributed by atoms with van der Waals surface area (Å²) < 4.78 is 12.8. The molecule has 0 saturated heterocycles. The molecule has 0 radical (unpaired) electrons. The number of fused-ring (bicyclic) bond motifs is 2. The van der Waals surface area contributed by atoms with Crippen LogP contribution in [0.1, 0.15) is 30.1 Å². The van der Waals surface area contributed by atoms with Gasteiger partial charge >= 0.3 is 0 Å². The first-order valence-corrected chi connectivity index (χ1v) is 11.4. The molecule has 180 valence electrons. The van der Waals surface area contributed by atoms with Crippen LogP contribution < -0.4 is 25.8 Å². The van der Waals surface area contributed by atoms with Crippen LogP contribution in [0.4, 0.5) is 0 Å². The lowest BCUT2D eigenvalue weighted by Crippen LogP contribution is -2.43. The number of rotatable bonds is 8. The average molecular weight is 474 g/mol. The minimum atomic E-state index is -0.494. The average Bonchev–Trinajstić information content (AvgIpc) is 2.90. The maximum Gasteiger partial charge on any atom is 0.269 e. The summed E-state index contributed by atoms with van der Waals surface area (Å²) in [6.45, 7) is 2.54. The van der Waals surface area contributed by atoms with E-state index in [-0.39, 0.29) is 12.0 Å². The van der Waals surface area contributed by atoms with E-state index < -0.39 is 11.8 Å². The summed E-state index contributed by atoms with van der Waals surface area (Å²) in [7, 11) is 1.50. The van der Waals surface area contributed by atoms with Crippen molar-refractivity contribution in [3.05, 3.63) is 82.5 Å². The number of unbranched alkanes of at least 4 members (excludes halogenated alkanes) is 1. The molecule has 3 aromatic carbocycles. The zero-order chi connectivity index (χ0) is 24.8. The van der Waals surface area contributed by atoms with Gasteiger partial charge in [-0.15, -0.1) is 0 Å². The van der Waals surface area contributed by atoms with E-state index in [0.717, 1.165) is 12.8 Å². The second kappa shape index (κ2) is 10.7. The Morgan fingerprint density at radius 2 is 1.54 bits per heavy atom. The van der Waals surface area contributed by atoms with E-state index in [1.54, 1.807) is 59.2 Å². The van der Waals surface area contributed by atoms with Crippen molar-refractivity contribution >= 4 is 33.6 Å². The lowest BCUT2D eigenvalue weighted by molar-refractivity contribution is -0.122. The van der Waals surface area contributed by atoms with Gasteiger partial charge in [0.15, 0.2) is 16.9 Å². The van der Waals surface area contributed by atoms with Crippen LogP contribution >= 0.6 is 0 Å². The highest BCUT2D eigenvalue weighted by molar-refractivity contribution is 5.97. The number of methoxy groups -OCH3 is 1. The minimum absolute atomic E-state index is 0.0859. The van der Waals surface area contributed by atoms with E-state index in [9.17, 15) is 14.4 Å². The number of hydrogen-bond donors (Lipinski definition) is 2. The van der Waals surface area contributed by atoms with E-state index in [0.29, 0.717) is 45.5 Å². The first kappa shape index (κ1) is 23.8. The zero-order valence-corrected chi connectivity index (χ0v) is 19.7. The summed E-state index contributed by atoms with van der Waals surface area (Å²) >= 11 is 0. The Hall–Kier alpha value is -4.33. The number of carbonyl (C=O) groups is 2. The Morgan fingerprint density at radius 1 is 0.886 bits per heavy atom. The highest BCUT2D eigenvalue weighted by Crippen LogP contribution is 2.28. The molecule has 8 nitrogen and oxygen atoms in total. The van der Waals surface area contributed by atoms with Gasteiger partial charge in [-0.25, -0.2) is 0 Å². The standard InChI is InChI=1S/C27H27N3O5/c1-3-4-15-35-23-14-13-18(16-24(23)34-2)27(33)29-28-25(31)17-30-21-11-7-5-9-19(21)26(32)20-10-6-8-12-22(20)30/h5-14,16H,3-4,15,17H2,1-2H3,(H,28,31)(H,29,33). The number of amides is 2. The van der Waals surface area contributed by atoms with Gasteiger partial charge in [-0.05, 0) is 48.9 Å². The van der Waals surface area contributed by atoms with Crippen LogP contribution in [0, 0.1) is 0 Å². The fourth-order valence-corrected chi connectivity index (χ4v) is 3.88. The first-order chi connectivity index (χ1) is 17.0. The van der Waals surface area contributed by atoms with Gasteiger partial charge in [0, 0.05) is 16.3 Å². The lowest BCUT2D eigenvalue weighted by atomic mass is 10.1. The molecule has 8 heteroatoms. The van der Waals surface area contributed by atoms with Crippen molar-refractivity contribution in [2.24, 2.45) is 0 Å². The molecule has 35 heavy (non-hydrogen) atoms. The van der Waals surface area contributed by atoms with E-state index in [1.165, 1.54) is 7.11 Å². The number of carbonyl (C=O) groups excluding carboxylic acids is 2. The third-order valence-corrected chi connectivity index (χ3v) is 5.68. The number of aromatic nitrogens is 1. The fraction of sp³-hybridized carbons (Fsp3) is 0.222. The predicted molar refractivity (Wildman–Crippen MR) is 135 cm³/mol. The molecule has 4 aromatic rings. The molecule has 0 spiro atoms. The first-order valence-electron chi connectivity index (χ1n) is 11.4. The Balaban J connectivity index is 1.49. The molecule has 0 aliphatic heterocycles. The van der Waals surface area contributed by atoms with Crippen molar-refractivity contribution < 1.29 is 19.1 Å². The highest BCUT2D eigenvalue weighted by atomic mass is 16.5. The predicted octanol–water partition coefficient (Wildman–Crippen LogP) is 3.80. The van der Waals surface area contributed by atoms with E-state index >= 15 is 0 Å². The molecule has 0 unspecified atom stereocenters. The second-order valence-electron chi connectivity index (χ2n) is 8.02. The normalized spacial score (nSPS) is 10.8. The number of nitrogens with zero attached hydrogens (tertiary/aromatic N) is 1. The Kier molecular flexibility index (Phi) is 7.30. The molecule has 2 amide bonds. The third-order valence-electron chi connectivity index (χ3n) is 5.68. The summed E-state index contributed by atoms with van der Waals surface area (Å²) in [5.74, 6) is 0.0555. The SMILES string of the molecule is CCCCOc1ccc(C(=O)NNC(=O)Cn2c3ccccc3c(=O)c3ccccc32)cc1OC. The number of ether oxygens (including phenoxy) is 2. The van der Waals surface area contributed by atoms with E-state index in [2.05, 4.69) is 17.8 Å². The summed E-state index contributed by atoms with van der Waals surface area (Å²) in [6, 6.07) is 19.1. The van der Waals surface area contributed by atoms with Gasteiger partial charge in [-0.2, -0.15) is 0 Å². The van der Waals surface area contributed by atoms with Crippen molar-refractivity contribution in [3.63, 3.8) is 0 Å². The van der Waals surface area contributed by atoms with Crippen molar-refractivity contribution in [1.29, 1.82) is 0 Å². The van der Waals surface area contributed by atoms with Crippen molar-refractivity contribution in [2.45, 2.75) is 26.3 Å². The fourth-order valence-electron chi connectivity index (χ4n) is 3.88. The van der Waals surface area contributed by atoms with Gasteiger partial charge in [-0.1, -0.05) is 37.6 Å². The lowest BCUT2D eigenvalue weighted by Gasteiger charge is -2.15. The van der Waals surface area contributed by atoms with Gasteiger partial charge in [0.1, 0.15) is 6.54 Å². The molecular formula is C27H27N3O5. The summed E-state index contributed by atoms with van der Waals surface area (Å²) in [5, 5.41) is 1.05. The van der Waals surface area contributed by atoms with Crippen LogP contribution in [-0.4, -0.2) is 30.1 Å². The minimum Gasteiger partial charge on any atom is -0.493 e. The summed E-state index contributed by atoms with van der Waals surface area (Å²) in [5.41, 5.74) is 6.40. The van der Waals surface area contributed by atoms with E-state index in [1.807, 2.05) is 12.1 Å². The summed E-state index contributed by atoms with van der Waals surface area (Å²) in [4.78, 5) is 38.3. The zero-order valence-electron chi connectivity index (χ0n) is 19.7. The Labute approximate surface area is 202 Å². The second-order valence-corrected chi connectivity index (χ2v) is 8.02. The third kappa shape index (κ3) is 5.11. The number of para-hydroxylation sites is 2. The molecule has 0 atom stereocenters. The summed E-state index contributed by atoms with van der Waals surface area (Å²) in [6.07, 6.45) is 1.92. The van der Waals surface area contributed by atoms with Crippen LogP contribution in [0.2, 0.25) is 0 Å². The van der Waals surface area contributed by atoms with Crippen LogP contribution in [-0.2, 0) is 11.3 Å². The molecule has 2 N–H and O–H groups in total. The highest BCUT2D eigenvalue weighted by Gasteiger charge is 2.15. The van der Waals surface area contributed by atoms with Crippen LogP contribution in [0.3, 0.4) is 0 Å². The maximum absolute atomic E-state index is 12.9. The van der Waals surface area contributed by atoms with Gasteiger partial charge in [0.05, 0.1) is 24.8 Å². The molecule has 0 aliphatic rings. The molecule has 0 bridgehead atoms. The van der Waals surface area contributed by atoms with Crippen LogP contribution in [0.15, 0.2) is 71.5 Å². The number of hydrazine groups is 1. The largest absolute Gasteiger partial charge is 0.493 e. The quantitative estimate of drug-likeness (QED) is 0.230. The molecular weight excluding hydrogens is 446 g/mol. The Morgan fingerprint density at radius 3 is 2.17 bits per heavy atom. The van der Waals surface area contributed by atoms with E-state index in [4.69, 9.17) is 9.47 Å². The maximum atomic E-state index is 12.9. The van der Waals surface area contributed by atoms with Crippen LogP contribution in [0.5, 0.6) is 11.5 Å². The molecule has 0 saturated carbocycles. The van der Waals surface area contributed by atoms with Gasteiger partial charge < -0.3 is 14.0 Å². The van der Waals surface area contributed by atoms with Gasteiger partial charge in [0.2, 0.25) is 0 Å². The Bertz CT molecular complexity index is 1380. The van der Waals surface area contributed by atoms with Crippen molar-refractivity contribution in [2.75, 3.05) is 13.7 Å². The number of pyridine rings is 1. The van der Waals surface area contributed by atoms with Crippen molar-refractivity contribution in [1.82, 2.24) is 15.4 Å². The van der Waals surface area contributed by atoms with Crippen LogP contribution in [0.25, 0.3) is 21.8 Å². The number of nitrogens with one attached hydrogen (secondary N) is 2. The monoisotopic (exact) mass is 473 g/mol. The van der Waals surface area contributed by atoms with Gasteiger partial charge in [0.25, 0.3) is 11.8 Å². The van der Waals surface area contributed by atoms with Gasteiger partial charge in [-0.3, -0.25) is 25.2 Å².